The fourth-order valence-corrected chi connectivity index (χ4v) is 2.16. The predicted octanol–water partition coefficient (Wildman–Crippen LogP) is 1.96. The molecule has 0 saturated carbocycles. The molecule has 1 aromatic carbocycles. The van der Waals surface area contributed by atoms with Crippen LogP contribution in [-0.2, 0) is 6.54 Å². The van der Waals surface area contributed by atoms with Gasteiger partial charge in [0.1, 0.15) is 11.4 Å². The van der Waals surface area contributed by atoms with Crippen molar-refractivity contribution in [2.45, 2.75) is 13.5 Å². The lowest BCUT2D eigenvalue weighted by atomic mass is 10.1. The Hall–Kier alpha value is -2.07. The number of hydrogen-bond donors (Lipinski definition) is 2. The molecule has 3 rings (SSSR count). The number of nitrogens with two attached hydrogens (primary N) is 1. The summed E-state index contributed by atoms with van der Waals surface area (Å²) in [5.41, 5.74) is 9.49. The van der Waals surface area contributed by atoms with E-state index in [1.165, 1.54) is 0 Å². The van der Waals surface area contributed by atoms with Crippen LogP contribution in [0.4, 0.5) is 0 Å². The van der Waals surface area contributed by atoms with Gasteiger partial charge < -0.3 is 10.8 Å². The molecule has 0 spiro atoms. The maximum atomic E-state index is 9.53. The molecule has 0 unspecified atom stereocenters. The molecule has 0 radical (unpaired) electrons. The SMILES string of the molecule is Cc1cc2nc(CN)cn2c2ccc(O)cc12. The first-order valence-corrected chi connectivity index (χ1v) is 5.49. The Labute approximate surface area is 98.3 Å². The van der Waals surface area contributed by atoms with Gasteiger partial charge in [0.05, 0.1) is 11.2 Å². The zero-order valence-corrected chi connectivity index (χ0v) is 9.51. The van der Waals surface area contributed by atoms with Crippen molar-refractivity contribution in [1.29, 1.82) is 0 Å². The van der Waals surface area contributed by atoms with E-state index in [2.05, 4.69) is 4.98 Å². The highest BCUT2D eigenvalue weighted by molar-refractivity contribution is 5.86. The van der Waals surface area contributed by atoms with Gasteiger partial charge in [-0.05, 0) is 36.8 Å². The number of phenolic OH excluding ortho intramolecular Hbond substituents is 1. The molecule has 0 aliphatic carbocycles. The Morgan fingerprint density at radius 2 is 2.18 bits per heavy atom. The molecule has 0 atom stereocenters. The van der Waals surface area contributed by atoms with Crippen molar-refractivity contribution >= 4 is 16.6 Å². The summed E-state index contributed by atoms with van der Waals surface area (Å²) in [6.07, 6.45) is 1.94. The summed E-state index contributed by atoms with van der Waals surface area (Å²) in [4.78, 5) is 4.44. The fraction of sp³-hybridized carbons (Fsp3) is 0.154. The molecule has 3 N–H and O–H groups in total. The number of pyridine rings is 1. The van der Waals surface area contributed by atoms with Crippen molar-refractivity contribution in [2.24, 2.45) is 5.73 Å². The first-order valence-electron chi connectivity index (χ1n) is 5.49. The highest BCUT2D eigenvalue weighted by atomic mass is 16.3. The topological polar surface area (TPSA) is 63.5 Å². The Morgan fingerprint density at radius 1 is 1.35 bits per heavy atom. The number of hydrogen-bond acceptors (Lipinski definition) is 3. The van der Waals surface area contributed by atoms with Gasteiger partial charge in [-0.25, -0.2) is 4.98 Å². The molecule has 0 fully saturated rings. The number of benzene rings is 1. The van der Waals surface area contributed by atoms with Gasteiger partial charge in [0, 0.05) is 18.1 Å². The van der Waals surface area contributed by atoms with Gasteiger partial charge in [-0.2, -0.15) is 0 Å². The van der Waals surface area contributed by atoms with Crippen molar-refractivity contribution < 1.29 is 5.11 Å². The maximum absolute atomic E-state index is 9.53. The summed E-state index contributed by atoms with van der Waals surface area (Å²) in [6.45, 7) is 2.44. The van der Waals surface area contributed by atoms with E-state index >= 15 is 0 Å². The number of fused-ring (bicyclic) bond motifs is 3. The van der Waals surface area contributed by atoms with E-state index in [1.807, 2.05) is 29.7 Å². The van der Waals surface area contributed by atoms with Gasteiger partial charge in [-0.1, -0.05) is 0 Å². The largest absolute Gasteiger partial charge is 0.508 e. The molecule has 2 heterocycles. The minimum Gasteiger partial charge on any atom is -0.508 e. The molecule has 86 valence electrons. The Balaban J connectivity index is 2.49. The summed E-state index contributed by atoms with van der Waals surface area (Å²) in [7, 11) is 0. The number of aromatic hydroxyl groups is 1. The monoisotopic (exact) mass is 227 g/mol. The summed E-state index contributed by atoms with van der Waals surface area (Å²) < 4.78 is 2.00. The van der Waals surface area contributed by atoms with Gasteiger partial charge >= 0.3 is 0 Å². The smallest absolute Gasteiger partial charge is 0.137 e. The molecule has 4 heteroatoms. The standard InChI is InChI=1S/C13H13N3O/c1-8-4-13-15-9(6-14)7-16(13)12-3-2-10(17)5-11(8)12/h2-5,7,17H,6,14H2,1H3. The zero-order chi connectivity index (χ0) is 12.0. The molecule has 0 aliphatic heterocycles. The zero-order valence-electron chi connectivity index (χ0n) is 9.51. The number of phenols is 1. The van der Waals surface area contributed by atoms with Crippen LogP contribution in [0.1, 0.15) is 11.3 Å². The van der Waals surface area contributed by atoms with Crippen LogP contribution in [-0.4, -0.2) is 14.5 Å². The molecular formula is C13H13N3O. The third-order valence-corrected chi connectivity index (χ3v) is 3.00. The van der Waals surface area contributed by atoms with E-state index in [9.17, 15) is 5.11 Å². The van der Waals surface area contributed by atoms with Crippen LogP contribution in [0.3, 0.4) is 0 Å². The summed E-state index contributed by atoms with van der Waals surface area (Å²) >= 11 is 0. The van der Waals surface area contributed by atoms with Crippen LogP contribution < -0.4 is 5.73 Å². The average molecular weight is 227 g/mol. The van der Waals surface area contributed by atoms with E-state index in [1.54, 1.807) is 12.1 Å². The molecule has 2 aromatic heterocycles. The number of rotatable bonds is 1. The van der Waals surface area contributed by atoms with Crippen LogP contribution >= 0.6 is 0 Å². The van der Waals surface area contributed by atoms with E-state index in [4.69, 9.17) is 5.73 Å². The average Bonchev–Trinajstić information content (AvgIpc) is 2.72. The van der Waals surface area contributed by atoms with Crippen LogP contribution in [0.15, 0.2) is 30.5 Å². The second kappa shape index (κ2) is 3.46. The van der Waals surface area contributed by atoms with Crippen molar-refractivity contribution in [3.05, 3.63) is 41.7 Å². The van der Waals surface area contributed by atoms with Crippen molar-refractivity contribution in [3.8, 4) is 5.75 Å². The molecular weight excluding hydrogens is 214 g/mol. The van der Waals surface area contributed by atoms with Gasteiger partial charge in [0.15, 0.2) is 0 Å². The highest BCUT2D eigenvalue weighted by Gasteiger charge is 2.07. The normalized spacial score (nSPS) is 11.4. The molecule has 0 saturated heterocycles. The predicted molar refractivity (Wildman–Crippen MR) is 67.0 cm³/mol. The van der Waals surface area contributed by atoms with Gasteiger partial charge in [-0.15, -0.1) is 0 Å². The lowest BCUT2D eigenvalue weighted by Gasteiger charge is -2.05. The highest BCUT2D eigenvalue weighted by Crippen LogP contribution is 2.25. The van der Waals surface area contributed by atoms with E-state index in [-0.39, 0.29) is 5.75 Å². The first kappa shape index (κ1) is 10.1. The third kappa shape index (κ3) is 1.45. The minimum absolute atomic E-state index is 0.277. The van der Waals surface area contributed by atoms with E-state index in [0.29, 0.717) is 6.54 Å². The second-order valence-corrected chi connectivity index (χ2v) is 4.19. The van der Waals surface area contributed by atoms with E-state index < -0.39 is 0 Å². The van der Waals surface area contributed by atoms with Crippen molar-refractivity contribution in [1.82, 2.24) is 9.38 Å². The summed E-state index contributed by atoms with van der Waals surface area (Å²) in [5, 5.41) is 10.6. The van der Waals surface area contributed by atoms with Crippen LogP contribution in [0.5, 0.6) is 5.75 Å². The second-order valence-electron chi connectivity index (χ2n) is 4.19. The van der Waals surface area contributed by atoms with E-state index in [0.717, 1.165) is 27.8 Å². The summed E-state index contributed by atoms with van der Waals surface area (Å²) in [6, 6.07) is 7.35. The summed E-state index contributed by atoms with van der Waals surface area (Å²) in [5.74, 6) is 0.277. The number of aromatic nitrogens is 2. The Bertz CT molecular complexity index is 715. The number of aryl methyl sites for hydroxylation is 1. The number of nitrogens with zero attached hydrogens (tertiary/aromatic N) is 2. The van der Waals surface area contributed by atoms with Crippen LogP contribution in [0, 0.1) is 6.92 Å². The molecule has 0 bridgehead atoms. The molecule has 3 aromatic rings. The Morgan fingerprint density at radius 3 is 2.94 bits per heavy atom. The van der Waals surface area contributed by atoms with Crippen molar-refractivity contribution in [3.63, 3.8) is 0 Å². The van der Waals surface area contributed by atoms with Crippen molar-refractivity contribution in [2.75, 3.05) is 0 Å². The van der Waals surface area contributed by atoms with Gasteiger partial charge in [0.2, 0.25) is 0 Å². The maximum Gasteiger partial charge on any atom is 0.137 e. The third-order valence-electron chi connectivity index (χ3n) is 3.00. The Kier molecular flexibility index (Phi) is 2.06. The lowest BCUT2D eigenvalue weighted by molar-refractivity contribution is 0.476. The lowest BCUT2D eigenvalue weighted by Crippen LogP contribution is -1.95. The fourth-order valence-electron chi connectivity index (χ4n) is 2.16. The van der Waals surface area contributed by atoms with Gasteiger partial charge in [0.25, 0.3) is 0 Å². The van der Waals surface area contributed by atoms with Crippen LogP contribution in [0.2, 0.25) is 0 Å². The molecule has 0 aliphatic rings. The minimum atomic E-state index is 0.277. The molecule has 17 heavy (non-hydrogen) atoms. The quantitative estimate of drug-likeness (QED) is 0.668. The van der Waals surface area contributed by atoms with Crippen LogP contribution in [0.25, 0.3) is 16.6 Å². The first-order chi connectivity index (χ1) is 8.19. The number of imidazole rings is 1. The molecule has 4 nitrogen and oxygen atoms in total. The molecule has 0 amide bonds. The van der Waals surface area contributed by atoms with Gasteiger partial charge in [-0.3, -0.25) is 4.40 Å².